The highest BCUT2D eigenvalue weighted by molar-refractivity contribution is 5.76. The van der Waals surface area contributed by atoms with E-state index in [0.29, 0.717) is 20.3 Å². The van der Waals surface area contributed by atoms with Crippen LogP contribution >= 0.6 is 0 Å². The van der Waals surface area contributed by atoms with Gasteiger partial charge in [-0.15, -0.1) is 0 Å². The van der Waals surface area contributed by atoms with Crippen LogP contribution in [0.25, 0.3) is 0 Å². The minimum absolute atomic E-state index is 0.240. The van der Waals surface area contributed by atoms with E-state index in [-0.39, 0.29) is 5.91 Å². The van der Waals surface area contributed by atoms with Crippen LogP contribution in [-0.4, -0.2) is 26.8 Å². The molecule has 0 atom stereocenters. The van der Waals surface area contributed by atoms with Crippen LogP contribution in [-0.2, 0) is 4.79 Å². The third-order valence-electron chi connectivity index (χ3n) is 2.57. The number of nitrogens with one attached hydrogen (secondary N) is 1. The molecule has 0 aromatic rings. The predicted octanol–water partition coefficient (Wildman–Crippen LogP) is 3.26. The van der Waals surface area contributed by atoms with Crippen LogP contribution in [0.4, 0.5) is 8.78 Å². The second kappa shape index (κ2) is 14.3. The average Bonchev–Trinajstić information content (AvgIpc) is 2.36. The Morgan fingerprint density at radius 1 is 1.12 bits per heavy atom. The maximum absolute atomic E-state index is 11.2. The van der Waals surface area contributed by atoms with Crippen molar-refractivity contribution in [1.82, 2.24) is 5.32 Å². The largest absolute Gasteiger partial charge is 0.356 e. The highest BCUT2D eigenvalue weighted by Gasteiger charge is 2.16. The van der Waals surface area contributed by atoms with Crippen LogP contribution in [0, 0.1) is 5.92 Å². The molecule has 0 bridgehead atoms. The van der Waals surface area contributed by atoms with E-state index in [1.165, 1.54) is 32.1 Å². The third-order valence-corrected chi connectivity index (χ3v) is 2.57. The molecule has 0 aromatic carbocycles. The number of hydrogen-bond donors (Lipinski definition) is 1. The zero-order valence-corrected chi connectivity index (χ0v) is 10.7. The van der Waals surface area contributed by atoms with E-state index in [2.05, 4.69) is 5.32 Å². The molecule has 1 fully saturated rings. The fourth-order valence-corrected chi connectivity index (χ4v) is 1.92. The molecule has 0 saturated heterocycles. The summed E-state index contributed by atoms with van der Waals surface area (Å²) in [5.41, 5.74) is 0. The first kappa shape index (κ1) is 17.7. The van der Waals surface area contributed by atoms with Crippen LogP contribution in [0.1, 0.15) is 45.4 Å². The Morgan fingerprint density at radius 2 is 1.62 bits per heavy atom. The second-order valence-corrected chi connectivity index (χ2v) is 3.66. The van der Waals surface area contributed by atoms with Gasteiger partial charge in [0.15, 0.2) is 0 Å². The summed E-state index contributed by atoms with van der Waals surface area (Å²) in [6, 6.07) is 0. The maximum Gasteiger partial charge on any atom is 0.220 e. The van der Waals surface area contributed by atoms with Crippen molar-refractivity contribution in [2.75, 3.05) is 20.9 Å². The van der Waals surface area contributed by atoms with Crippen LogP contribution in [0.3, 0.4) is 0 Å². The molecular weight excluding hydrogens is 212 g/mol. The Labute approximate surface area is 97.8 Å². The van der Waals surface area contributed by atoms with Crippen LogP contribution < -0.4 is 5.32 Å². The zero-order valence-electron chi connectivity index (χ0n) is 10.7. The van der Waals surface area contributed by atoms with Crippen LogP contribution in [0.15, 0.2) is 0 Å². The Kier molecular flexibility index (Phi) is 15.9. The topological polar surface area (TPSA) is 29.1 Å². The van der Waals surface area contributed by atoms with E-state index in [1.54, 1.807) is 0 Å². The van der Waals surface area contributed by atoms with Gasteiger partial charge in [-0.3, -0.25) is 13.6 Å². The molecule has 1 aliphatic rings. The molecule has 0 spiro atoms. The molecule has 2 nitrogen and oxygen atoms in total. The van der Waals surface area contributed by atoms with Gasteiger partial charge in [-0.05, 0) is 25.7 Å². The fourth-order valence-electron chi connectivity index (χ4n) is 1.92. The summed E-state index contributed by atoms with van der Waals surface area (Å²) < 4.78 is 19.0. The van der Waals surface area contributed by atoms with E-state index >= 15 is 0 Å². The van der Waals surface area contributed by atoms with E-state index in [0.717, 1.165) is 13.0 Å². The molecule has 1 aliphatic carbocycles. The van der Waals surface area contributed by atoms with Gasteiger partial charge in [-0.1, -0.05) is 19.3 Å². The van der Waals surface area contributed by atoms with Gasteiger partial charge in [0, 0.05) is 13.0 Å². The lowest BCUT2D eigenvalue weighted by atomic mass is 9.87. The van der Waals surface area contributed by atoms with Gasteiger partial charge in [-0.25, -0.2) is 0 Å². The Balaban J connectivity index is 0. The molecule has 1 N–H and O–H groups in total. The van der Waals surface area contributed by atoms with Gasteiger partial charge in [0.2, 0.25) is 5.91 Å². The summed E-state index contributed by atoms with van der Waals surface area (Å²) in [5.74, 6) is 0.912. The summed E-state index contributed by atoms with van der Waals surface area (Å²) in [5, 5.41) is 2.85. The van der Waals surface area contributed by atoms with Crippen LogP contribution in [0.2, 0.25) is 0 Å². The molecule has 0 heterocycles. The summed E-state index contributed by atoms with van der Waals surface area (Å²) in [6.07, 6.45) is 7.29. The molecule has 98 valence electrons. The lowest BCUT2D eigenvalue weighted by Crippen LogP contribution is -2.25. The molecule has 1 rings (SSSR count). The summed E-state index contributed by atoms with van der Waals surface area (Å²) in [7, 11) is 1.00. The van der Waals surface area contributed by atoms with Gasteiger partial charge >= 0.3 is 0 Å². The van der Waals surface area contributed by atoms with Crippen molar-refractivity contribution in [2.24, 2.45) is 5.92 Å². The Morgan fingerprint density at radius 3 is 2.06 bits per heavy atom. The van der Waals surface area contributed by atoms with Crippen molar-refractivity contribution in [1.29, 1.82) is 0 Å². The van der Waals surface area contributed by atoms with Gasteiger partial charge in [-0.2, -0.15) is 0 Å². The number of halogens is 2. The smallest absolute Gasteiger partial charge is 0.220 e. The molecule has 4 heteroatoms. The van der Waals surface area contributed by atoms with Crippen molar-refractivity contribution in [3.05, 3.63) is 0 Å². The fraction of sp³-hybridized carbons (Fsp3) is 0.917. The van der Waals surface area contributed by atoms with Crippen molar-refractivity contribution < 1.29 is 13.6 Å². The first-order valence-corrected chi connectivity index (χ1v) is 5.85. The number of hydrogen-bond acceptors (Lipinski definition) is 1. The quantitative estimate of drug-likeness (QED) is 0.802. The highest BCUT2D eigenvalue weighted by atomic mass is 19.1. The molecule has 0 unspecified atom stereocenters. The molecule has 0 radical (unpaired) electrons. The van der Waals surface area contributed by atoms with Gasteiger partial charge in [0.1, 0.15) is 0 Å². The number of alkyl halides is 2. The summed E-state index contributed by atoms with van der Waals surface area (Å²) in [4.78, 5) is 11.2. The molecule has 1 amide bonds. The van der Waals surface area contributed by atoms with E-state index in [9.17, 15) is 13.6 Å². The average molecular weight is 237 g/mol. The van der Waals surface area contributed by atoms with Gasteiger partial charge < -0.3 is 5.32 Å². The number of carbonyl (C=O) groups excluding carboxylic acids is 1. The molecule has 16 heavy (non-hydrogen) atoms. The maximum atomic E-state index is 11.2. The first-order valence-electron chi connectivity index (χ1n) is 5.85. The molecule has 0 aliphatic heterocycles. The number of amides is 1. The summed E-state index contributed by atoms with van der Waals surface area (Å²) in [6.45, 7) is 2.74. The van der Waals surface area contributed by atoms with Gasteiger partial charge in [0.25, 0.3) is 0 Å². The SMILES string of the molecule is CCNC(=O)CC1CCCCC1.CF.CF. The van der Waals surface area contributed by atoms with Crippen molar-refractivity contribution >= 4 is 5.91 Å². The predicted molar refractivity (Wildman–Crippen MR) is 63.9 cm³/mol. The molecular formula is C12H25F2NO. The van der Waals surface area contributed by atoms with Gasteiger partial charge in [0.05, 0.1) is 14.4 Å². The lowest BCUT2D eigenvalue weighted by molar-refractivity contribution is -0.122. The van der Waals surface area contributed by atoms with E-state index in [1.807, 2.05) is 6.92 Å². The number of carbonyl (C=O) groups is 1. The normalized spacial score (nSPS) is 15.1. The second-order valence-electron chi connectivity index (χ2n) is 3.66. The molecule has 0 aromatic heterocycles. The first-order chi connectivity index (χ1) is 7.83. The third kappa shape index (κ3) is 9.87. The zero-order chi connectivity index (χ0) is 12.8. The van der Waals surface area contributed by atoms with Crippen molar-refractivity contribution in [2.45, 2.75) is 45.4 Å². The summed E-state index contributed by atoms with van der Waals surface area (Å²) >= 11 is 0. The minimum atomic E-state index is 0.240. The van der Waals surface area contributed by atoms with E-state index in [4.69, 9.17) is 0 Å². The minimum Gasteiger partial charge on any atom is -0.356 e. The van der Waals surface area contributed by atoms with Crippen molar-refractivity contribution in [3.8, 4) is 0 Å². The Hall–Kier alpha value is -0.670. The molecule has 1 saturated carbocycles. The standard InChI is InChI=1S/C10H19NO.2CH3F/c1-2-11-10(12)8-9-6-4-3-5-7-9;2*1-2/h9H,2-8H2,1H3,(H,11,12);2*1H3. The highest BCUT2D eigenvalue weighted by Crippen LogP contribution is 2.25. The monoisotopic (exact) mass is 237 g/mol. The lowest BCUT2D eigenvalue weighted by Gasteiger charge is -2.20. The van der Waals surface area contributed by atoms with Crippen molar-refractivity contribution in [3.63, 3.8) is 0 Å². The number of rotatable bonds is 3. The van der Waals surface area contributed by atoms with Crippen LogP contribution in [0.5, 0.6) is 0 Å². The Bertz CT molecular complexity index is 148. The van der Waals surface area contributed by atoms with E-state index < -0.39 is 0 Å².